The number of benzene rings is 2. The van der Waals surface area contributed by atoms with Gasteiger partial charge in [-0.3, -0.25) is 9.59 Å². The van der Waals surface area contributed by atoms with Gasteiger partial charge in [0.05, 0.1) is 29.7 Å². The molecule has 1 N–H and O–H groups in total. The Kier molecular flexibility index (Phi) is 5.80. The lowest BCUT2D eigenvalue weighted by Gasteiger charge is -2.10. The van der Waals surface area contributed by atoms with Crippen molar-refractivity contribution in [1.29, 1.82) is 0 Å². The SMILES string of the molecule is CCOC(=O)c1ccc(NC(=O)Cn2nc(C)c3cnn(-c4ccccc4)c3c2=O)cc1. The molecule has 0 fully saturated rings. The van der Waals surface area contributed by atoms with E-state index in [0.717, 1.165) is 10.4 Å². The number of fused-ring (bicyclic) bond motifs is 1. The average molecular weight is 431 g/mol. The van der Waals surface area contributed by atoms with Crippen molar-refractivity contribution < 1.29 is 14.3 Å². The fourth-order valence-corrected chi connectivity index (χ4v) is 3.33. The first-order valence-electron chi connectivity index (χ1n) is 10.1. The maximum absolute atomic E-state index is 13.1. The van der Waals surface area contributed by atoms with E-state index in [1.165, 1.54) is 0 Å². The summed E-state index contributed by atoms with van der Waals surface area (Å²) < 4.78 is 7.62. The largest absolute Gasteiger partial charge is 0.462 e. The van der Waals surface area contributed by atoms with Crippen LogP contribution in [0.25, 0.3) is 16.6 Å². The summed E-state index contributed by atoms with van der Waals surface area (Å²) in [4.78, 5) is 37.4. The van der Waals surface area contributed by atoms with E-state index in [4.69, 9.17) is 4.74 Å². The van der Waals surface area contributed by atoms with E-state index in [0.29, 0.717) is 27.8 Å². The number of aryl methyl sites for hydroxylation is 1. The van der Waals surface area contributed by atoms with Crippen molar-refractivity contribution in [2.45, 2.75) is 20.4 Å². The summed E-state index contributed by atoms with van der Waals surface area (Å²) in [5, 5.41) is 12.0. The molecule has 0 aliphatic carbocycles. The zero-order valence-electron chi connectivity index (χ0n) is 17.6. The molecule has 162 valence electrons. The normalized spacial score (nSPS) is 10.8. The maximum atomic E-state index is 13.1. The summed E-state index contributed by atoms with van der Waals surface area (Å²) in [7, 11) is 0. The number of carbonyl (C=O) groups is 2. The number of rotatable bonds is 6. The molecule has 1 amide bonds. The maximum Gasteiger partial charge on any atom is 0.338 e. The smallest absolute Gasteiger partial charge is 0.338 e. The average Bonchev–Trinajstić information content (AvgIpc) is 3.25. The lowest BCUT2D eigenvalue weighted by Crippen LogP contribution is -2.31. The second kappa shape index (κ2) is 8.84. The third-order valence-electron chi connectivity index (χ3n) is 4.84. The topological polar surface area (TPSA) is 108 Å². The lowest BCUT2D eigenvalue weighted by molar-refractivity contribution is -0.117. The number of ether oxygens (including phenoxy) is 1. The zero-order chi connectivity index (χ0) is 22.7. The molecule has 32 heavy (non-hydrogen) atoms. The fraction of sp³-hybridized carbons (Fsp3) is 0.174. The second-order valence-corrected chi connectivity index (χ2v) is 7.05. The van der Waals surface area contributed by atoms with Gasteiger partial charge in [0.1, 0.15) is 12.1 Å². The number of esters is 1. The molecule has 2 aromatic heterocycles. The van der Waals surface area contributed by atoms with Crippen molar-refractivity contribution in [3.8, 4) is 5.69 Å². The van der Waals surface area contributed by atoms with E-state index in [9.17, 15) is 14.4 Å². The molecule has 4 aromatic rings. The Bertz CT molecular complexity index is 1340. The van der Waals surface area contributed by atoms with Gasteiger partial charge in [-0.15, -0.1) is 0 Å². The Balaban J connectivity index is 1.58. The minimum absolute atomic E-state index is 0.269. The highest BCUT2D eigenvalue weighted by atomic mass is 16.5. The minimum atomic E-state index is -0.431. The summed E-state index contributed by atoms with van der Waals surface area (Å²) in [6, 6.07) is 15.6. The Morgan fingerprint density at radius 3 is 2.47 bits per heavy atom. The van der Waals surface area contributed by atoms with Gasteiger partial charge < -0.3 is 10.1 Å². The molecule has 0 radical (unpaired) electrons. The number of aromatic nitrogens is 4. The van der Waals surface area contributed by atoms with Crippen LogP contribution in [0, 0.1) is 6.92 Å². The van der Waals surface area contributed by atoms with Gasteiger partial charge in [0, 0.05) is 11.1 Å². The predicted molar refractivity (Wildman–Crippen MR) is 119 cm³/mol. The third kappa shape index (κ3) is 4.13. The van der Waals surface area contributed by atoms with Gasteiger partial charge in [-0.1, -0.05) is 18.2 Å². The molecule has 0 bridgehead atoms. The molecule has 0 atom stereocenters. The summed E-state index contributed by atoms with van der Waals surface area (Å²) in [6.45, 7) is 3.51. The van der Waals surface area contributed by atoms with Crippen molar-refractivity contribution in [2.75, 3.05) is 11.9 Å². The number of carbonyl (C=O) groups excluding carboxylic acids is 2. The Labute approximate surface area is 183 Å². The second-order valence-electron chi connectivity index (χ2n) is 7.05. The van der Waals surface area contributed by atoms with Crippen LogP contribution < -0.4 is 10.9 Å². The first-order chi connectivity index (χ1) is 15.5. The molecular weight excluding hydrogens is 410 g/mol. The van der Waals surface area contributed by atoms with E-state index in [-0.39, 0.29) is 13.2 Å². The molecule has 9 heteroatoms. The summed E-state index contributed by atoms with van der Waals surface area (Å²) in [6.07, 6.45) is 1.60. The minimum Gasteiger partial charge on any atom is -0.462 e. The van der Waals surface area contributed by atoms with Crippen molar-refractivity contribution in [2.24, 2.45) is 0 Å². The molecule has 0 unspecified atom stereocenters. The van der Waals surface area contributed by atoms with E-state index < -0.39 is 17.4 Å². The van der Waals surface area contributed by atoms with Crippen molar-refractivity contribution in [1.82, 2.24) is 19.6 Å². The quantitative estimate of drug-likeness (QED) is 0.470. The first-order valence-corrected chi connectivity index (χ1v) is 10.1. The highest BCUT2D eigenvalue weighted by molar-refractivity contribution is 5.93. The third-order valence-corrected chi connectivity index (χ3v) is 4.84. The summed E-state index contributed by atoms with van der Waals surface area (Å²) >= 11 is 0. The van der Waals surface area contributed by atoms with E-state index in [1.807, 2.05) is 30.3 Å². The number of hydrogen-bond donors (Lipinski definition) is 1. The first kappa shape index (κ1) is 21.0. The van der Waals surface area contributed by atoms with Crippen molar-refractivity contribution in [3.05, 3.63) is 82.4 Å². The molecule has 4 rings (SSSR count). The number of nitrogens with zero attached hydrogens (tertiary/aromatic N) is 4. The van der Waals surface area contributed by atoms with E-state index >= 15 is 0 Å². The van der Waals surface area contributed by atoms with Crippen LogP contribution in [0.2, 0.25) is 0 Å². The molecule has 0 aliphatic heterocycles. The standard InChI is InChI=1S/C23H21N5O4/c1-3-32-23(31)16-9-11-17(12-10-16)25-20(29)14-27-22(30)21-19(15(2)26-27)13-24-28(21)18-7-5-4-6-8-18/h4-13H,3,14H2,1-2H3,(H,25,29). The number of nitrogens with one attached hydrogen (secondary N) is 1. The van der Waals surface area contributed by atoms with Crippen LogP contribution in [0.5, 0.6) is 0 Å². The molecule has 0 saturated heterocycles. The molecular formula is C23H21N5O4. The van der Waals surface area contributed by atoms with Crippen LogP contribution in [0.15, 0.2) is 65.6 Å². The van der Waals surface area contributed by atoms with Gasteiger partial charge >= 0.3 is 5.97 Å². The number of hydrogen-bond acceptors (Lipinski definition) is 6. The van der Waals surface area contributed by atoms with Crippen LogP contribution in [0.4, 0.5) is 5.69 Å². The molecule has 2 aromatic carbocycles. The van der Waals surface area contributed by atoms with Crippen LogP contribution in [-0.4, -0.2) is 38.0 Å². The lowest BCUT2D eigenvalue weighted by atomic mass is 10.2. The number of amides is 1. The predicted octanol–water partition coefficient (Wildman–Crippen LogP) is 2.71. The monoisotopic (exact) mass is 431 g/mol. The molecule has 2 heterocycles. The molecule has 0 spiro atoms. The van der Waals surface area contributed by atoms with Gasteiger partial charge in [-0.2, -0.15) is 10.2 Å². The molecule has 9 nitrogen and oxygen atoms in total. The van der Waals surface area contributed by atoms with Crippen molar-refractivity contribution in [3.63, 3.8) is 0 Å². The van der Waals surface area contributed by atoms with Crippen LogP contribution in [0.1, 0.15) is 23.0 Å². The Hall–Kier alpha value is -4.27. The molecule has 0 saturated carbocycles. The van der Waals surface area contributed by atoms with E-state index in [1.54, 1.807) is 49.0 Å². The highest BCUT2D eigenvalue weighted by Gasteiger charge is 2.17. The molecule has 0 aliphatic rings. The number of anilines is 1. The van der Waals surface area contributed by atoms with E-state index in [2.05, 4.69) is 15.5 Å². The number of para-hydroxylation sites is 1. The van der Waals surface area contributed by atoms with Crippen molar-refractivity contribution >= 4 is 28.5 Å². The Morgan fingerprint density at radius 2 is 1.78 bits per heavy atom. The van der Waals surface area contributed by atoms with Crippen LogP contribution in [0.3, 0.4) is 0 Å². The van der Waals surface area contributed by atoms with Crippen LogP contribution >= 0.6 is 0 Å². The Morgan fingerprint density at radius 1 is 1.06 bits per heavy atom. The highest BCUT2D eigenvalue weighted by Crippen LogP contribution is 2.17. The van der Waals surface area contributed by atoms with Gasteiger partial charge in [0.25, 0.3) is 5.56 Å². The van der Waals surface area contributed by atoms with Gasteiger partial charge in [0.2, 0.25) is 5.91 Å². The van der Waals surface area contributed by atoms with Gasteiger partial charge in [0.15, 0.2) is 0 Å². The van der Waals surface area contributed by atoms with Crippen LogP contribution in [-0.2, 0) is 16.1 Å². The fourth-order valence-electron chi connectivity index (χ4n) is 3.33. The van der Waals surface area contributed by atoms with Gasteiger partial charge in [-0.25, -0.2) is 14.2 Å². The summed E-state index contributed by atoms with van der Waals surface area (Å²) in [5.41, 5.74) is 2.15. The zero-order valence-corrected chi connectivity index (χ0v) is 17.6. The van der Waals surface area contributed by atoms with Gasteiger partial charge in [-0.05, 0) is 50.2 Å². The summed E-state index contributed by atoms with van der Waals surface area (Å²) in [5.74, 6) is -0.854.